The number of hydrogen-bond acceptors (Lipinski definition) is 4. The molecular weight excluding hydrogens is 454 g/mol. The Bertz CT molecular complexity index is 1040. The van der Waals surface area contributed by atoms with Crippen LogP contribution < -0.4 is 0 Å². The summed E-state index contributed by atoms with van der Waals surface area (Å²) in [6.45, 7) is -0.103. The van der Waals surface area contributed by atoms with Crippen LogP contribution in [0, 0.1) is 0 Å². The third kappa shape index (κ3) is 4.66. The normalized spacial score (nSPS) is 16.1. The first-order chi connectivity index (χ1) is 13.5. The highest BCUT2D eigenvalue weighted by molar-refractivity contribution is 7.89. The van der Waals surface area contributed by atoms with Crippen LogP contribution in [0.3, 0.4) is 0 Å². The lowest BCUT2D eigenvalue weighted by Crippen LogP contribution is -2.50. The van der Waals surface area contributed by atoms with Gasteiger partial charge in [-0.05, 0) is 30.3 Å². The fraction of sp³-hybridized carbons (Fsp3) is 0.294. The maximum atomic E-state index is 12.9. The molecule has 1 saturated heterocycles. The van der Waals surface area contributed by atoms with E-state index in [1.54, 1.807) is 0 Å². The molecule has 0 saturated carbocycles. The van der Waals surface area contributed by atoms with Gasteiger partial charge in [0.05, 0.1) is 15.5 Å². The molecule has 156 valence electrons. The van der Waals surface area contributed by atoms with Gasteiger partial charge in [0.25, 0.3) is 5.91 Å². The Balaban J connectivity index is 1.75. The van der Waals surface area contributed by atoms with Crippen molar-refractivity contribution >= 4 is 39.1 Å². The van der Waals surface area contributed by atoms with Gasteiger partial charge in [-0.15, -0.1) is 0 Å². The fourth-order valence-electron chi connectivity index (χ4n) is 2.83. The molecule has 0 unspecified atom stereocenters. The Labute approximate surface area is 174 Å². The molecule has 1 aromatic heterocycles. The molecule has 0 atom stereocenters. The standard InChI is InChI=1S/C17H14Cl2F3N3O3S/c18-13-4-5-14(19)23-15(13)16(26)24-6-8-25(9-7-24)29(27,28)12-3-1-2-11(10-12)17(20,21)22/h1-5,10H,6-9H2. The quantitative estimate of drug-likeness (QED) is 0.647. The summed E-state index contributed by atoms with van der Waals surface area (Å²) in [4.78, 5) is 17.4. The van der Waals surface area contributed by atoms with E-state index in [2.05, 4.69) is 4.98 Å². The number of benzene rings is 1. The number of hydrogen-bond donors (Lipinski definition) is 0. The molecule has 0 aliphatic carbocycles. The molecule has 0 bridgehead atoms. The van der Waals surface area contributed by atoms with Crippen molar-refractivity contribution in [3.63, 3.8) is 0 Å². The zero-order chi connectivity index (χ0) is 21.4. The van der Waals surface area contributed by atoms with Crippen LogP contribution in [-0.4, -0.2) is 54.7 Å². The van der Waals surface area contributed by atoms with Crippen molar-refractivity contribution < 1.29 is 26.4 Å². The molecule has 2 aromatic rings. The van der Waals surface area contributed by atoms with Gasteiger partial charge in [0.15, 0.2) is 0 Å². The van der Waals surface area contributed by atoms with Crippen LogP contribution in [0.4, 0.5) is 13.2 Å². The topological polar surface area (TPSA) is 70.6 Å². The van der Waals surface area contributed by atoms with Crippen LogP contribution >= 0.6 is 23.2 Å². The third-order valence-corrected chi connectivity index (χ3v) is 6.75. The summed E-state index contributed by atoms with van der Waals surface area (Å²) in [7, 11) is -4.14. The van der Waals surface area contributed by atoms with Crippen molar-refractivity contribution in [2.45, 2.75) is 11.1 Å². The number of halogens is 5. The molecule has 0 radical (unpaired) electrons. The van der Waals surface area contributed by atoms with Gasteiger partial charge in [-0.25, -0.2) is 13.4 Å². The average Bonchev–Trinajstić information content (AvgIpc) is 2.69. The van der Waals surface area contributed by atoms with Gasteiger partial charge in [-0.3, -0.25) is 4.79 Å². The second-order valence-corrected chi connectivity index (χ2v) is 8.92. The van der Waals surface area contributed by atoms with Gasteiger partial charge in [0.2, 0.25) is 10.0 Å². The lowest BCUT2D eigenvalue weighted by molar-refractivity contribution is -0.137. The number of aromatic nitrogens is 1. The first kappa shape index (κ1) is 21.8. The average molecular weight is 468 g/mol. The number of amides is 1. The van der Waals surface area contributed by atoms with E-state index in [9.17, 15) is 26.4 Å². The van der Waals surface area contributed by atoms with Crippen LogP contribution in [0.1, 0.15) is 16.1 Å². The Morgan fingerprint density at radius 1 is 1.03 bits per heavy atom. The number of pyridine rings is 1. The molecule has 6 nitrogen and oxygen atoms in total. The molecule has 3 rings (SSSR count). The van der Waals surface area contributed by atoms with Crippen molar-refractivity contribution in [1.82, 2.24) is 14.2 Å². The number of carbonyl (C=O) groups excluding carboxylic acids is 1. The van der Waals surface area contributed by atoms with Crippen molar-refractivity contribution in [1.29, 1.82) is 0 Å². The molecule has 1 fully saturated rings. The molecule has 0 spiro atoms. The van der Waals surface area contributed by atoms with Crippen molar-refractivity contribution in [3.8, 4) is 0 Å². The Kier molecular flexibility index (Phi) is 6.09. The van der Waals surface area contributed by atoms with Gasteiger partial charge in [-0.2, -0.15) is 17.5 Å². The number of rotatable bonds is 3. The molecule has 1 aliphatic heterocycles. The fourth-order valence-corrected chi connectivity index (χ4v) is 4.63. The zero-order valence-corrected chi connectivity index (χ0v) is 17.0. The van der Waals surface area contributed by atoms with Gasteiger partial charge in [-0.1, -0.05) is 29.3 Å². The van der Waals surface area contributed by atoms with Gasteiger partial charge in [0.1, 0.15) is 10.8 Å². The van der Waals surface area contributed by atoms with E-state index in [0.717, 1.165) is 22.5 Å². The molecule has 1 aromatic carbocycles. The minimum Gasteiger partial charge on any atom is -0.335 e. The number of alkyl halides is 3. The Morgan fingerprint density at radius 2 is 1.69 bits per heavy atom. The SMILES string of the molecule is O=C(c1nc(Cl)ccc1Cl)N1CCN(S(=O)(=O)c2cccc(C(F)(F)F)c2)CC1. The van der Waals surface area contributed by atoms with E-state index in [1.165, 1.54) is 17.0 Å². The summed E-state index contributed by atoms with van der Waals surface area (Å²) in [6.07, 6.45) is -4.65. The highest BCUT2D eigenvalue weighted by Gasteiger charge is 2.35. The van der Waals surface area contributed by atoms with E-state index in [0.29, 0.717) is 6.07 Å². The number of piperazine rings is 1. The summed E-state index contributed by atoms with van der Waals surface area (Å²) in [6, 6.07) is 6.42. The molecule has 2 heterocycles. The number of carbonyl (C=O) groups is 1. The summed E-state index contributed by atoms with van der Waals surface area (Å²) < 4.78 is 65.1. The first-order valence-electron chi connectivity index (χ1n) is 8.29. The zero-order valence-electron chi connectivity index (χ0n) is 14.7. The van der Waals surface area contributed by atoms with Crippen molar-refractivity contribution in [2.75, 3.05) is 26.2 Å². The van der Waals surface area contributed by atoms with Crippen molar-refractivity contribution in [3.05, 3.63) is 57.8 Å². The maximum absolute atomic E-state index is 12.9. The Morgan fingerprint density at radius 3 is 2.31 bits per heavy atom. The highest BCUT2D eigenvalue weighted by atomic mass is 35.5. The largest absolute Gasteiger partial charge is 0.416 e. The molecular formula is C17H14Cl2F3N3O3S. The molecule has 29 heavy (non-hydrogen) atoms. The summed E-state index contributed by atoms with van der Waals surface area (Å²) in [5.41, 5.74) is -1.09. The predicted octanol–water partition coefficient (Wildman–Crippen LogP) is 3.55. The second-order valence-electron chi connectivity index (χ2n) is 6.19. The predicted molar refractivity (Wildman–Crippen MR) is 100 cm³/mol. The Hall–Kier alpha value is -1.88. The van der Waals surface area contributed by atoms with Crippen LogP contribution in [-0.2, 0) is 16.2 Å². The van der Waals surface area contributed by atoms with Gasteiger partial charge >= 0.3 is 6.18 Å². The van der Waals surface area contributed by atoms with Crippen molar-refractivity contribution in [2.24, 2.45) is 0 Å². The summed E-state index contributed by atoms with van der Waals surface area (Å²) >= 11 is 11.8. The van der Waals surface area contributed by atoms with Gasteiger partial charge < -0.3 is 4.90 Å². The van der Waals surface area contributed by atoms with Crippen LogP contribution in [0.2, 0.25) is 10.2 Å². The maximum Gasteiger partial charge on any atom is 0.416 e. The minimum atomic E-state index is -4.65. The molecule has 0 N–H and O–H groups in total. The smallest absolute Gasteiger partial charge is 0.335 e. The second kappa shape index (κ2) is 8.10. The highest BCUT2D eigenvalue weighted by Crippen LogP contribution is 2.31. The van der Waals surface area contributed by atoms with E-state index < -0.39 is 32.6 Å². The van der Waals surface area contributed by atoms with Crippen LogP contribution in [0.25, 0.3) is 0 Å². The van der Waals surface area contributed by atoms with E-state index in [4.69, 9.17) is 23.2 Å². The van der Waals surface area contributed by atoms with Crippen LogP contribution in [0.15, 0.2) is 41.3 Å². The van der Waals surface area contributed by atoms with E-state index in [-0.39, 0.29) is 42.0 Å². The number of sulfonamides is 1. The summed E-state index contributed by atoms with van der Waals surface area (Å²) in [5.74, 6) is -0.506. The van der Waals surface area contributed by atoms with Crippen LogP contribution in [0.5, 0.6) is 0 Å². The summed E-state index contributed by atoms with van der Waals surface area (Å²) in [5, 5.41) is 0.196. The number of nitrogens with zero attached hydrogens (tertiary/aromatic N) is 3. The van der Waals surface area contributed by atoms with Gasteiger partial charge in [0, 0.05) is 26.2 Å². The molecule has 12 heteroatoms. The minimum absolute atomic E-state index is 0.0293. The van der Waals surface area contributed by atoms with E-state index >= 15 is 0 Å². The molecule has 1 aliphatic rings. The first-order valence-corrected chi connectivity index (χ1v) is 10.5. The third-order valence-electron chi connectivity index (χ3n) is 4.34. The lowest BCUT2D eigenvalue weighted by atomic mass is 10.2. The monoisotopic (exact) mass is 467 g/mol. The lowest BCUT2D eigenvalue weighted by Gasteiger charge is -2.34. The van der Waals surface area contributed by atoms with E-state index in [1.807, 2.05) is 0 Å². The molecule has 1 amide bonds.